The van der Waals surface area contributed by atoms with Gasteiger partial charge in [-0.3, -0.25) is 0 Å². The zero-order chi connectivity index (χ0) is 22.5. The normalized spacial score (nSPS) is 11.9. The first kappa shape index (κ1) is 21.2. The molecule has 0 radical (unpaired) electrons. The summed E-state index contributed by atoms with van der Waals surface area (Å²) >= 11 is 0. The Hall–Kier alpha value is -4.00. The highest BCUT2D eigenvalue weighted by Crippen LogP contribution is 2.42. The van der Waals surface area contributed by atoms with Crippen molar-refractivity contribution in [3.8, 4) is 11.8 Å². The number of hydrogen-bond donors (Lipinski definition) is 1. The molecule has 0 spiro atoms. The molecule has 0 aliphatic carbocycles. The third-order valence-corrected chi connectivity index (χ3v) is 5.33. The molecule has 0 saturated heterocycles. The number of nitrogen functional groups attached to an aromatic ring is 1. The van der Waals surface area contributed by atoms with Gasteiger partial charge in [-0.2, -0.15) is 0 Å². The van der Waals surface area contributed by atoms with Crippen LogP contribution in [0.3, 0.4) is 0 Å². The highest BCUT2D eigenvalue weighted by atomic mass is 19.1. The maximum absolute atomic E-state index is 13.7. The Morgan fingerprint density at radius 1 is 0.719 bits per heavy atom. The van der Waals surface area contributed by atoms with E-state index >= 15 is 0 Å². The number of pyridine rings is 3. The fraction of sp³-hybridized carbons (Fsp3) is 0.160. The number of hydrogen-bond acceptors (Lipinski definition) is 6. The summed E-state index contributed by atoms with van der Waals surface area (Å²) in [6, 6.07) is 19.5. The third-order valence-electron chi connectivity index (χ3n) is 5.33. The van der Waals surface area contributed by atoms with Crippen LogP contribution in [0.25, 0.3) is 0 Å². The quantitative estimate of drug-likeness (QED) is 0.462. The van der Waals surface area contributed by atoms with Crippen LogP contribution < -0.4 is 15.2 Å². The van der Waals surface area contributed by atoms with Gasteiger partial charge < -0.3 is 15.2 Å². The van der Waals surface area contributed by atoms with E-state index in [1.807, 2.05) is 36.4 Å². The summed E-state index contributed by atoms with van der Waals surface area (Å²) in [7, 11) is 3.15. The van der Waals surface area contributed by atoms with Crippen LogP contribution in [0.1, 0.15) is 34.2 Å². The Morgan fingerprint density at radius 2 is 1.28 bits per heavy atom. The molecule has 1 atom stereocenters. The molecule has 162 valence electrons. The largest absolute Gasteiger partial charge is 0.481 e. The van der Waals surface area contributed by atoms with Crippen molar-refractivity contribution in [3.63, 3.8) is 0 Å². The number of rotatable bonds is 7. The lowest BCUT2D eigenvalue weighted by Gasteiger charge is -2.28. The van der Waals surface area contributed by atoms with Crippen molar-refractivity contribution in [1.82, 2.24) is 15.0 Å². The molecule has 0 fully saturated rings. The van der Waals surface area contributed by atoms with Gasteiger partial charge in [-0.1, -0.05) is 30.3 Å². The SMILES string of the molecule is COc1ccc(C(c2ccc(OC)nc2)C(c2ccc(F)cc2)c2cccc(N)n2)cn1. The molecule has 1 aromatic carbocycles. The van der Waals surface area contributed by atoms with Crippen LogP contribution in [0.15, 0.2) is 79.1 Å². The van der Waals surface area contributed by atoms with E-state index in [0.717, 1.165) is 22.4 Å². The molecule has 0 aliphatic rings. The van der Waals surface area contributed by atoms with Gasteiger partial charge in [-0.25, -0.2) is 19.3 Å². The molecule has 3 aromatic heterocycles. The van der Waals surface area contributed by atoms with Crippen LogP contribution in [-0.2, 0) is 0 Å². The molecule has 7 heteroatoms. The predicted molar refractivity (Wildman–Crippen MR) is 120 cm³/mol. The van der Waals surface area contributed by atoms with Crippen molar-refractivity contribution in [1.29, 1.82) is 0 Å². The van der Waals surface area contributed by atoms with Gasteiger partial charge in [0.15, 0.2) is 0 Å². The molecule has 0 aliphatic heterocycles. The smallest absolute Gasteiger partial charge is 0.212 e. The zero-order valence-corrected chi connectivity index (χ0v) is 17.8. The van der Waals surface area contributed by atoms with Crippen LogP contribution in [0.4, 0.5) is 10.2 Å². The lowest BCUT2D eigenvalue weighted by atomic mass is 9.76. The molecule has 0 bridgehead atoms. The number of methoxy groups -OCH3 is 2. The van der Waals surface area contributed by atoms with E-state index in [9.17, 15) is 4.39 Å². The second-order valence-corrected chi connectivity index (χ2v) is 7.26. The van der Waals surface area contributed by atoms with Crippen molar-refractivity contribution in [2.45, 2.75) is 11.8 Å². The molecule has 1 unspecified atom stereocenters. The monoisotopic (exact) mass is 430 g/mol. The van der Waals surface area contributed by atoms with E-state index in [-0.39, 0.29) is 17.7 Å². The number of nitrogens with two attached hydrogens (primary N) is 1. The summed E-state index contributed by atoms with van der Waals surface area (Å²) in [6.45, 7) is 0. The van der Waals surface area contributed by atoms with Gasteiger partial charge >= 0.3 is 0 Å². The van der Waals surface area contributed by atoms with Crippen LogP contribution in [0.5, 0.6) is 11.8 Å². The fourth-order valence-corrected chi connectivity index (χ4v) is 3.82. The maximum atomic E-state index is 13.7. The van der Waals surface area contributed by atoms with E-state index in [2.05, 4.69) is 15.0 Å². The molecule has 6 nitrogen and oxygen atoms in total. The average Bonchev–Trinajstić information content (AvgIpc) is 2.83. The van der Waals surface area contributed by atoms with Gasteiger partial charge in [0, 0.05) is 36.4 Å². The topological polar surface area (TPSA) is 83.2 Å². The molecule has 4 rings (SSSR count). The summed E-state index contributed by atoms with van der Waals surface area (Å²) in [4.78, 5) is 13.4. The van der Waals surface area contributed by atoms with Crippen LogP contribution in [0.2, 0.25) is 0 Å². The highest BCUT2D eigenvalue weighted by molar-refractivity contribution is 5.44. The average molecular weight is 430 g/mol. The van der Waals surface area contributed by atoms with E-state index in [1.54, 1.807) is 44.8 Å². The highest BCUT2D eigenvalue weighted by Gasteiger charge is 2.30. The number of aromatic nitrogens is 3. The second kappa shape index (κ2) is 9.43. The lowest BCUT2D eigenvalue weighted by molar-refractivity contribution is 0.397. The van der Waals surface area contributed by atoms with Crippen molar-refractivity contribution >= 4 is 5.82 Å². The minimum atomic E-state index is -0.304. The van der Waals surface area contributed by atoms with Crippen molar-refractivity contribution in [2.75, 3.05) is 20.0 Å². The van der Waals surface area contributed by atoms with Gasteiger partial charge in [-0.15, -0.1) is 0 Å². The summed E-state index contributed by atoms with van der Waals surface area (Å²) in [6.07, 6.45) is 3.55. The lowest BCUT2D eigenvalue weighted by Crippen LogP contribution is -2.17. The molecule has 0 saturated carbocycles. The summed E-state index contributed by atoms with van der Waals surface area (Å²) < 4.78 is 24.2. The molecule has 4 aromatic rings. The first-order valence-corrected chi connectivity index (χ1v) is 10.1. The molecular formula is C25H23FN4O2. The predicted octanol–water partition coefficient (Wildman–Crippen LogP) is 4.57. The van der Waals surface area contributed by atoms with Crippen LogP contribution in [-0.4, -0.2) is 29.2 Å². The third kappa shape index (κ3) is 4.51. The van der Waals surface area contributed by atoms with Gasteiger partial charge in [0.1, 0.15) is 11.6 Å². The number of anilines is 1. The summed E-state index contributed by atoms with van der Waals surface area (Å²) in [5, 5.41) is 0. The van der Waals surface area contributed by atoms with Crippen LogP contribution in [0, 0.1) is 5.82 Å². The first-order valence-electron chi connectivity index (χ1n) is 10.1. The molecule has 32 heavy (non-hydrogen) atoms. The minimum absolute atomic E-state index is 0.230. The van der Waals surface area contributed by atoms with Crippen molar-refractivity contribution in [3.05, 3.63) is 107 Å². The molecule has 3 heterocycles. The van der Waals surface area contributed by atoms with Crippen molar-refractivity contribution in [2.24, 2.45) is 0 Å². The van der Waals surface area contributed by atoms with Crippen LogP contribution >= 0.6 is 0 Å². The maximum Gasteiger partial charge on any atom is 0.212 e. The Kier molecular flexibility index (Phi) is 6.26. The first-order chi connectivity index (χ1) is 15.6. The number of benzene rings is 1. The van der Waals surface area contributed by atoms with Gasteiger partial charge in [0.25, 0.3) is 0 Å². The van der Waals surface area contributed by atoms with E-state index in [0.29, 0.717) is 17.6 Å². The van der Waals surface area contributed by atoms with Crippen molar-refractivity contribution < 1.29 is 13.9 Å². The fourth-order valence-electron chi connectivity index (χ4n) is 3.82. The summed E-state index contributed by atoms with van der Waals surface area (Å²) in [5.74, 6) is 0.633. The van der Waals surface area contributed by atoms with E-state index < -0.39 is 0 Å². The molecule has 0 amide bonds. The Labute approximate surface area is 185 Å². The molecular weight excluding hydrogens is 407 g/mol. The standard InChI is InChI=1S/C25H23FN4O2/c1-31-22-12-8-17(14-28-22)24(18-9-13-23(32-2)29-15-18)25(16-6-10-19(26)11-7-16)20-4-3-5-21(27)30-20/h3-15,24-25H,1-2H3,(H2,27,30). The number of nitrogens with zero attached hydrogens (tertiary/aromatic N) is 3. The molecule has 2 N–H and O–H groups in total. The van der Waals surface area contributed by atoms with Gasteiger partial charge in [0.05, 0.1) is 19.9 Å². The van der Waals surface area contributed by atoms with Gasteiger partial charge in [0.2, 0.25) is 11.8 Å². The Balaban J connectivity index is 1.92. The van der Waals surface area contributed by atoms with E-state index in [4.69, 9.17) is 15.2 Å². The van der Waals surface area contributed by atoms with E-state index in [1.165, 1.54) is 12.1 Å². The summed E-state index contributed by atoms with van der Waals surface area (Å²) in [5.41, 5.74) is 9.52. The number of halogens is 1. The van der Waals surface area contributed by atoms with Gasteiger partial charge in [-0.05, 0) is 41.0 Å². The second-order valence-electron chi connectivity index (χ2n) is 7.26. The Morgan fingerprint density at radius 3 is 1.75 bits per heavy atom. The Bertz CT molecular complexity index is 1120. The number of ether oxygens (including phenoxy) is 2. The minimum Gasteiger partial charge on any atom is -0.481 e. The zero-order valence-electron chi connectivity index (χ0n) is 17.8.